The van der Waals surface area contributed by atoms with E-state index in [4.69, 9.17) is 10.5 Å². The lowest BCUT2D eigenvalue weighted by Crippen LogP contribution is -2.45. The SMILES string of the molecule is CC1Oc2ccc(N)cc2CN(C2CCCCC2)C1=O. The number of nitrogen functional groups attached to an aromatic ring is 1. The number of ether oxygens (including phenoxy) is 1. The number of benzene rings is 1. The number of nitrogens with two attached hydrogens (primary N) is 1. The van der Waals surface area contributed by atoms with Crippen molar-refractivity contribution in [3.63, 3.8) is 0 Å². The molecular formula is C16H22N2O2. The smallest absolute Gasteiger partial charge is 0.263 e. The summed E-state index contributed by atoms with van der Waals surface area (Å²) in [5.74, 6) is 0.894. The van der Waals surface area contributed by atoms with Crippen LogP contribution in [0.3, 0.4) is 0 Å². The van der Waals surface area contributed by atoms with Crippen LogP contribution in [-0.2, 0) is 11.3 Å². The van der Waals surface area contributed by atoms with Crippen LogP contribution in [0.1, 0.15) is 44.6 Å². The molecule has 1 unspecified atom stereocenters. The molecule has 0 radical (unpaired) electrons. The van der Waals surface area contributed by atoms with Crippen LogP contribution in [0.5, 0.6) is 5.75 Å². The van der Waals surface area contributed by atoms with E-state index in [9.17, 15) is 4.79 Å². The molecule has 1 aliphatic carbocycles. The van der Waals surface area contributed by atoms with E-state index in [0.717, 1.165) is 29.8 Å². The van der Waals surface area contributed by atoms with Crippen LogP contribution >= 0.6 is 0 Å². The van der Waals surface area contributed by atoms with E-state index in [1.807, 2.05) is 30.0 Å². The van der Waals surface area contributed by atoms with Crippen molar-refractivity contribution in [2.24, 2.45) is 0 Å². The van der Waals surface area contributed by atoms with Gasteiger partial charge in [0.2, 0.25) is 0 Å². The summed E-state index contributed by atoms with van der Waals surface area (Å²) in [6.45, 7) is 2.46. The van der Waals surface area contributed by atoms with Crippen LogP contribution in [-0.4, -0.2) is 23.0 Å². The van der Waals surface area contributed by atoms with E-state index in [-0.39, 0.29) is 5.91 Å². The molecule has 1 aromatic carbocycles. The third-order valence-corrected chi connectivity index (χ3v) is 4.38. The van der Waals surface area contributed by atoms with Gasteiger partial charge in [-0.25, -0.2) is 0 Å². The number of carbonyl (C=O) groups excluding carboxylic acids is 1. The third-order valence-electron chi connectivity index (χ3n) is 4.38. The first kappa shape index (κ1) is 13.3. The Hall–Kier alpha value is -1.71. The molecule has 4 nitrogen and oxygen atoms in total. The Morgan fingerprint density at radius 1 is 1.25 bits per heavy atom. The number of hydrogen-bond donors (Lipinski definition) is 1. The first-order valence-corrected chi connectivity index (χ1v) is 7.50. The van der Waals surface area contributed by atoms with Gasteiger partial charge in [0.05, 0.1) is 0 Å². The molecule has 4 heteroatoms. The van der Waals surface area contributed by atoms with Gasteiger partial charge >= 0.3 is 0 Å². The number of rotatable bonds is 1. The number of carbonyl (C=O) groups is 1. The molecule has 1 atom stereocenters. The highest BCUT2D eigenvalue weighted by atomic mass is 16.5. The molecule has 2 aliphatic rings. The summed E-state index contributed by atoms with van der Waals surface area (Å²) in [6, 6.07) is 5.98. The Morgan fingerprint density at radius 2 is 2.00 bits per heavy atom. The highest BCUT2D eigenvalue weighted by Gasteiger charge is 2.33. The standard InChI is InChI=1S/C16H22N2O2/c1-11-16(19)18(14-5-3-2-4-6-14)10-12-9-13(17)7-8-15(12)20-11/h7-9,11,14H,2-6,10,17H2,1H3. The van der Waals surface area contributed by atoms with Gasteiger partial charge in [0.1, 0.15) is 5.75 Å². The Bertz CT molecular complexity index is 509. The Kier molecular flexibility index (Phi) is 3.55. The van der Waals surface area contributed by atoms with Crippen LogP contribution < -0.4 is 10.5 Å². The fourth-order valence-corrected chi connectivity index (χ4v) is 3.28. The summed E-state index contributed by atoms with van der Waals surface area (Å²) >= 11 is 0. The minimum Gasteiger partial charge on any atom is -0.481 e. The maximum Gasteiger partial charge on any atom is 0.263 e. The highest BCUT2D eigenvalue weighted by Crippen LogP contribution is 2.31. The van der Waals surface area contributed by atoms with Gasteiger partial charge in [0.15, 0.2) is 6.10 Å². The molecule has 0 saturated heterocycles. The quantitative estimate of drug-likeness (QED) is 0.801. The highest BCUT2D eigenvalue weighted by molar-refractivity contribution is 5.82. The number of nitrogens with zero attached hydrogens (tertiary/aromatic N) is 1. The van der Waals surface area contributed by atoms with Crippen molar-refractivity contribution < 1.29 is 9.53 Å². The molecule has 1 amide bonds. The van der Waals surface area contributed by atoms with Crippen molar-refractivity contribution >= 4 is 11.6 Å². The van der Waals surface area contributed by atoms with Crippen LogP contribution in [0, 0.1) is 0 Å². The van der Waals surface area contributed by atoms with E-state index in [1.54, 1.807) is 0 Å². The van der Waals surface area contributed by atoms with E-state index >= 15 is 0 Å². The van der Waals surface area contributed by atoms with E-state index in [2.05, 4.69) is 0 Å². The number of amides is 1. The summed E-state index contributed by atoms with van der Waals surface area (Å²) < 4.78 is 5.80. The van der Waals surface area contributed by atoms with Crippen molar-refractivity contribution in [3.05, 3.63) is 23.8 Å². The topological polar surface area (TPSA) is 55.6 Å². The van der Waals surface area contributed by atoms with Crippen LogP contribution in [0.4, 0.5) is 5.69 Å². The molecule has 2 N–H and O–H groups in total. The average molecular weight is 274 g/mol. The fraction of sp³-hybridized carbons (Fsp3) is 0.562. The molecule has 0 spiro atoms. The largest absolute Gasteiger partial charge is 0.481 e. The molecule has 108 valence electrons. The second-order valence-electron chi connectivity index (χ2n) is 5.89. The van der Waals surface area contributed by atoms with Gasteiger partial charge in [0, 0.05) is 23.8 Å². The third kappa shape index (κ3) is 2.47. The van der Waals surface area contributed by atoms with Gasteiger partial charge in [-0.3, -0.25) is 4.79 Å². The van der Waals surface area contributed by atoms with E-state index < -0.39 is 6.10 Å². The zero-order chi connectivity index (χ0) is 14.1. The lowest BCUT2D eigenvalue weighted by Gasteiger charge is -2.34. The maximum absolute atomic E-state index is 12.6. The van der Waals surface area contributed by atoms with Gasteiger partial charge in [-0.05, 0) is 38.0 Å². The maximum atomic E-state index is 12.6. The fourth-order valence-electron chi connectivity index (χ4n) is 3.28. The van der Waals surface area contributed by atoms with Crippen LogP contribution in [0.25, 0.3) is 0 Å². The summed E-state index contributed by atoms with van der Waals surface area (Å²) in [5.41, 5.74) is 7.61. The van der Waals surface area contributed by atoms with Crippen molar-refractivity contribution in [3.8, 4) is 5.75 Å². The molecule has 1 saturated carbocycles. The normalized spacial score (nSPS) is 23.9. The molecular weight excluding hydrogens is 252 g/mol. The summed E-state index contributed by atoms with van der Waals surface area (Å²) in [7, 11) is 0. The minimum atomic E-state index is -0.415. The second kappa shape index (κ2) is 5.35. The van der Waals surface area contributed by atoms with E-state index in [1.165, 1.54) is 19.3 Å². The molecule has 3 rings (SSSR count). The number of hydrogen-bond acceptors (Lipinski definition) is 3. The lowest BCUT2D eigenvalue weighted by atomic mass is 9.93. The molecule has 1 fully saturated rings. The lowest BCUT2D eigenvalue weighted by molar-refractivity contribution is -0.140. The van der Waals surface area contributed by atoms with Crippen LogP contribution in [0.15, 0.2) is 18.2 Å². The van der Waals surface area contributed by atoms with E-state index in [0.29, 0.717) is 12.6 Å². The molecule has 0 aromatic heterocycles. The van der Waals surface area contributed by atoms with Crippen molar-refractivity contribution in [2.75, 3.05) is 5.73 Å². The first-order valence-electron chi connectivity index (χ1n) is 7.50. The van der Waals surface area contributed by atoms with Gasteiger partial charge in [-0.1, -0.05) is 19.3 Å². The second-order valence-corrected chi connectivity index (χ2v) is 5.89. The molecule has 1 aromatic rings. The number of fused-ring (bicyclic) bond motifs is 1. The monoisotopic (exact) mass is 274 g/mol. The summed E-state index contributed by atoms with van der Waals surface area (Å²) in [6.07, 6.45) is 5.52. The average Bonchev–Trinajstić information content (AvgIpc) is 2.58. The summed E-state index contributed by atoms with van der Waals surface area (Å²) in [5, 5.41) is 0. The van der Waals surface area contributed by atoms with Crippen molar-refractivity contribution in [1.82, 2.24) is 4.90 Å². The predicted octanol–water partition coefficient (Wildman–Crippen LogP) is 2.71. The number of anilines is 1. The molecule has 20 heavy (non-hydrogen) atoms. The zero-order valence-corrected chi connectivity index (χ0v) is 12.0. The van der Waals surface area contributed by atoms with Gasteiger partial charge < -0.3 is 15.4 Å². The Morgan fingerprint density at radius 3 is 2.75 bits per heavy atom. The van der Waals surface area contributed by atoms with Crippen molar-refractivity contribution in [2.45, 2.75) is 57.7 Å². The van der Waals surface area contributed by atoms with Gasteiger partial charge in [0.25, 0.3) is 5.91 Å². The molecule has 1 heterocycles. The molecule has 0 bridgehead atoms. The van der Waals surface area contributed by atoms with Gasteiger partial charge in [-0.15, -0.1) is 0 Å². The van der Waals surface area contributed by atoms with Crippen molar-refractivity contribution in [1.29, 1.82) is 0 Å². The van der Waals surface area contributed by atoms with Crippen LogP contribution in [0.2, 0.25) is 0 Å². The predicted molar refractivity (Wildman–Crippen MR) is 78.4 cm³/mol. The minimum absolute atomic E-state index is 0.103. The first-order chi connectivity index (χ1) is 9.65. The Labute approximate surface area is 119 Å². The molecule has 1 aliphatic heterocycles. The Balaban J connectivity index is 1.91. The summed E-state index contributed by atoms with van der Waals surface area (Å²) in [4.78, 5) is 14.6. The zero-order valence-electron chi connectivity index (χ0n) is 12.0. The van der Waals surface area contributed by atoms with Gasteiger partial charge in [-0.2, -0.15) is 0 Å².